The van der Waals surface area contributed by atoms with Gasteiger partial charge in [-0.25, -0.2) is 23.1 Å². The van der Waals surface area contributed by atoms with Crippen molar-refractivity contribution < 1.29 is 13.2 Å². The van der Waals surface area contributed by atoms with Gasteiger partial charge >= 0.3 is 0 Å². The molecule has 0 aliphatic rings. The number of nitrogens with zero attached hydrogens (tertiary/aromatic N) is 2. The molecule has 0 amide bonds. The second-order valence-corrected chi connectivity index (χ2v) is 4.56. The van der Waals surface area contributed by atoms with Crippen molar-refractivity contribution in [2.45, 2.75) is 18.7 Å². The minimum absolute atomic E-state index is 0.178. The Morgan fingerprint density at radius 1 is 1.32 bits per heavy atom. The predicted octanol–water partition coefficient (Wildman–Crippen LogP) is 4.42. The fourth-order valence-corrected chi connectivity index (χ4v) is 2.15. The smallest absolute Gasteiger partial charge is 0.236 e. The van der Waals surface area contributed by atoms with Crippen molar-refractivity contribution >= 4 is 15.9 Å². The molecule has 0 unspecified atom stereocenters. The van der Waals surface area contributed by atoms with Crippen LogP contribution in [0.4, 0.5) is 13.2 Å². The number of benzene rings is 1. The first-order valence-electron chi connectivity index (χ1n) is 5.49. The lowest BCUT2D eigenvalue weighted by atomic mass is 10.1. The molecule has 19 heavy (non-hydrogen) atoms. The second-order valence-electron chi connectivity index (χ2n) is 4.00. The molecule has 1 aromatic carbocycles. The maximum Gasteiger partial charge on any atom is 0.280 e. The molecule has 100 valence electrons. The zero-order valence-corrected chi connectivity index (χ0v) is 11.6. The van der Waals surface area contributed by atoms with Crippen LogP contribution in [0.25, 0.3) is 11.4 Å². The van der Waals surface area contributed by atoms with Crippen LogP contribution in [0.2, 0.25) is 0 Å². The second kappa shape index (κ2) is 5.69. The first-order valence-corrected chi connectivity index (χ1v) is 6.61. The van der Waals surface area contributed by atoms with Gasteiger partial charge in [0.05, 0.1) is 0 Å². The summed E-state index contributed by atoms with van der Waals surface area (Å²) in [5.41, 5.74) is 1.19. The highest BCUT2D eigenvalue weighted by Crippen LogP contribution is 2.26. The summed E-state index contributed by atoms with van der Waals surface area (Å²) in [6, 6.07) is 4.06. The Morgan fingerprint density at radius 2 is 2.05 bits per heavy atom. The van der Waals surface area contributed by atoms with E-state index in [0.29, 0.717) is 16.7 Å². The molecule has 6 heteroatoms. The van der Waals surface area contributed by atoms with Crippen LogP contribution in [0.5, 0.6) is 0 Å². The summed E-state index contributed by atoms with van der Waals surface area (Å²) < 4.78 is 38.8. The van der Waals surface area contributed by atoms with E-state index in [4.69, 9.17) is 0 Å². The van der Waals surface area contributed by atoms with Crippen molar-refractivity contribution in [3.8, 4) is 11.4 Å². The summed E-state index contributed by atoms with van der Waals surface area (Å²) >= 11 is 3.12. The van der Waals surface area contributed by atoms with Gasteiger partial charge < -0.3 is 0 Å². The number of aryl methyl sites for hydroxylation is 1. The molecule has 0 bridgehead atoms. The third-order valence-electron chi connectivity index (χ3n) is 2.68. The van der Waals surface area contributed by atoms with Gasteiger partial charge in [0.2, 0.25) is 0 Å². The highest BCUT2D eigenvalue weighted by Gasteiger charge is 2.17. The maximum absolute atomic E-state index is 13.0. The van der Waals surface area contributed by atoms with E-state index in [2.05, 4.69) is 25.9 Å². The van der Waals surface area contributed by atoms with E-state index >= 15 is 0 Å². The first-order chi connectivity index (χ1) is 9.02. The lowest BCUT2D eigenvalue weighted by Crippen LogP contribution is -2.02. The number of rotatable bonds is 3. The zero-order valence-electron chi connectivity index (χ0n) is 10.0. The molecule has 0 radical (unpaired) electrons. The molecule has 2 rings (SSSR count). The van der Waals surface area contributed by atoms with E-state index in [-0.39, 0.29) is 22.7 Å². The van der Waals surface area contributed by atoms with Gasteiger partial charge in [0.25, 0.3) is 6.43 Å². The van der Waals surface area contributed by atoms with Gasteiger partial charge in [0.1, 0.15) is 11.5 Å². The number of hydrogen-bond donors (Lipinski definition) is 0. The van der Waals surface area contributed by atoms with Crippen LogP contribution in [0.1, 0.15) is 23.2 Å². The molecule has 0 spiro atoms. The van der Waals surface area contributed by atoms with E-state index in [1.165, 1.54) is 24.4 Å². The lowest BCUT2D eigenvalue weighted by molar-refractivity contribution is 0.145. The van der Waals surface area contributed by atoms with Gasteiger partial charge in [-0.05, 0) is 30.7 Å². The van der Waals surface area contributed by atoms with Crippen molar-refractivity contribution in [2.75, 3.05) is 0 Å². The lowest BCUT2D eigenvalue weighted by Gasteiger charge is -2.09. The fourth-order valence-electron chi connectivity index (χ4n) is 1.72. The summed E-state index contributed by atoms with van der Waals surface area (Å²) in [6.45, 7) is 1.68. The largest absolute Gasteiger partial charge is 0.280 e. The van der Waals surface area contributed by atoms with Gasteiger partial charge in [-0.2, -0.15) is 0 Å². The van der Waals surface area contributed by atoms with Crippen LogP contribution >= 0.6 is 15.9 Å². The number of hydrogen-bond acceptors (Lipinski definition) is 2. The fraction of sp³-hybridized carbons (Fsp3) is 0.231. The van der Waals surface area contributed by atoms with Crippen LogP contribution in [0.3, 0.4) is 0 Å². The van der Waals surface area contributed by atoms with Crippen molar-refractivity contribution in [1.29, 1.82) is 0 Å². The highest BCUT2D eigenvalue weighted by molar-refractivity contribution is 9.08. The van der Waals surface area contributed by atoms with Crippen molar-refractivity contribution in [2.24, 2.45) is 0 Å². The highest BCUT2D eigenvalue weighted by atomic mass is 79.9. The number of alkyl halides is 3. The molecule has 0 N–H and O–H groups in total. The third kappa shape index (κ3) is 2.94. The molecule has 2 aromatic rings. The van der Waals surface area contributed by atoms with Gasteiger partial charge in [-0.1, -0.05) is 15.9 Å². The predicted molar refractivity (Wildman–Crippen MR) is 69.8 cm³/mol. The van der Waals surface area contributed by atoms with E-state index in [1.807, 2.05) is 0 Å². The Bertz CT molecular complexity index is 602. The van der Waals surface area contributed by atoms with Gasteiger partial charge in [0, 0.05) is 22.7 Å². The van der Waals surface area contributed by atoms with Crippen molar-refractivity contribution in [3.05, 3.63) is 47.0 Å². The summed E-state index contributed by atoms with van der Waals surface area (Å²) in [7, 11) is 0. The molecule has 0 atom stereocenters. The quantitative estimate of drug-likeness (QED) is 0.778. The minimum Gasteiger partial charge on any atom is -0.236 e. The van der Waals surface area contributed by atoms with Crippen LogP contribution in [-0.2, 0) is 5.33 Å². The van der Waals surface area contributed by atoms with Gasteiger partial charge in [-0.3, -0.25) is 0 Å². The Morgan fingerprint density at radius 3 is 2.63 bits per heavy atom. The maximum atomic E-state index is 13.0. The SMILES string of the molecule is Cc1cc(F)ccc1-c1ncc(CBr)c(C(F)F)n1. The molecule has 1 aromatic heterocycles. The third-order valence-corrected chi connectivity index (χ3v) is 3.28. The van der Waals surface area contributed by atoms with Crippen LogP contribution < -0.4 is 0 Å². The minimum atomic E-state index is -2.67. The van der Waals surface area contributed by atoms with E-state index in [9.17, 15) is 13.2 Å². The Kier molecular flexibility index (Phi) is 4.19. The normalized spacial score (nSPS) is 11.1. The summed E-state index contributed by atoms with van der Waals surface area (Å²) in [5.74, 6) is -0.204. The van der Waals surface area contributed by atoms with Crippen LogP contribution in [0, 0.1) is 12.7 Å². The Hall–Kier alpha value is -1.43. The number of aromatic nitrogens is 2. The van der Waals surface area contributed by atoms with Crippen LogP contribution in [0.15, 0.2) is 24.4 Å². The monoisotopic (exact) mass is 330 g/mol. The molecule has 1 heterocycles. The average Bonchev–Trinajstić information content (AvgIpc) is 2.38. The molecule has 0 saturated heterocycles. The van der Waals surface area contributed by atoms with E-state index in [0.717, 1.165) is 0 Å². The van der Waals surface area contributed by atoms with Crippen molar-refractivity contribution in [3.63, 3.8) is 0 Å². The summed E-state index contributed by atoms with van der Waals surface area (Å²) in [6.07, 6.45) is -1.31. The molecular weight excluding hydrogens is 321 g/mol. The molecule has 2 nitrogen and oxygen atoms in total. The topological polar surface area (TPSA) is 25.8 Å². The van der Waals surface area contributed by atoms with Crippen LogP contribution in [-0.4, -0.2) is 9.97 Å². The number of halogens is 4. The van der Waals surface area contributed by atoms with Gasteiger partial charge in [0.15, 0.2) is 5.82 Å². The molecule has 0 aliphatic heterocycles. The average molecular weight is 331 g/mol. The summed E-state index contributed by atoms with van der Waals surface area (Å²) in [5, 5.41) is 0.259. The Balaban J connectivity index is 2.54. The zero-order chi connectivity index (χ0) is 14.0. The van der Waals surface area contributed by atoms with Crippen molar-refractivity contribution in [1.82, 2.24) is 9.97 Å². The van der Waals surface area contributed by atoms with E-state index in [1.54, 1.807) is 6.92 Å². The summed E-state index contributed by atoms with van der Waals surface area (Å²) in [4.78, 5) is 7.95. The van der Waals surface area contributed by atoms with Gasteiger partial charge in [-0.15, -0.1) is 0 Å². The standard InChI is InChI=1S/C13H10BrF3N2/c1-7-4-9(15)2-3-10(7)13-18-6-8(5-14)11(19-13)12(16)17/h2-4,6,12H,5H2,1H3. The molecule has 0 saturated carbocycles. The molecule has 0 fully saturated rings. The molecular formula is C13H10BrF3N2. The molecule has 0 aliphatic carbocycles. The Labute approximate surface area is 116 Å². The first kappa shape index (κ1) is 14.0. The van der Waals surface area contributed by atoms with E-state index < -0.39 is 6.43 Å².